The van der Waals surface area contributed by atoms with Crippen molar-refractivity contribution in [2.75, 3.05) is 5.73 Å². The molecule has 2 N–H and O–H groups in total. The van der Waals surface area contributed by atoms with Gasteiger partial charge >= 0.3 is 0 Å². The molecule has 0 atom stereocenters. The fraction of sp³-hybridized carbons (Fsp3) is 0.0714. The highest BCUT2D eigenvalue weighted by Gasteiger charge is 2.04. The highest BCUT2D eigenvalue weighted by molar-refractivity contribution is 5.81. The second-order valence-corrected chi connectivity index (χ2v) is 3.99. The topological polar surface area (TPSA) is 61.3 Å². The van der Waals surface area contributed by atoms with Gasteiger partial charge in [-0.2, -0.15) is 0 Å². The number of rotatable bonds is 3. The summed E-state index contributed by atoms with van der Waals surface area (Å²) in [7, 11) is 0. The fourth-order valence-corrected chi connectivity index (χ4v) is 1.76. The van der Waals surface area contributed by atoms with E-state index in [2.05, 4.69) is 4.98 Å². The minimum atomic E-state index is 0.375. The Hall–Kier alpha value is -2.49. The van der Waals surface area contributed by atoms with Crippen molar-refractivity contribution in [3.05, 3.63) is 54.6 Å². The number of hydrogen-bond acceptors (Lipinski definition) is 4. The number of nitrogens with zero attached hydrogens (tertiary/aromatic N) is 1. The van der Waals surface area contributed by atoms with E-state index in [1.807, 2.05) is 36.4 Å². The third-order valence-electron chi connectivity index (χ3n) is 2.61. The molecule has 4 heteroatoms. The number of pyridine rings is 1. The lowest BCUT2D eigenvalue weighted by Crippen LogP contribution is -1.93. The van der Waals surface area contributed by atoms with Crippen LogP contribution in [0.1, 0.15) is 5.76 Å². The lowest BCUT2D eigenvalue weighted by atomic mass is 10.2. The van der Waals surface area contributed by atoms with Crippen LogP contribution in [0, 0.1) is 0 Å². The highest BCUT2D eigenvalue weighted by atomic mass is 16.5. The Labute approximate surface area is 104 Å². The third kappa shape index (κ3) is 2.13. The smallest absolute Gasteiger partial charge is 0.146 e. The minimum Gasteiger partial charge on any atom is -0.484 e. The first kappa shape index (κ1) is 10.7. The first-order valence-electron chi connectivity index (χ1n) is 5.62. The zero-order chi connectivity index (χ0) is 12.4. The Morgan fingerprint density at radius 1 is 1.22 bits per heavy atom. The van der Waals surface area contributed by atoms with Crippen LogP contribution in [0.4, 0.5) is 5.69 Å². The largest absolute Gasteiger partial charge is 0.484 e. The van der Waals surface area contributed by atoms with Gasteiger partial charge in [-0.25, -0.2) is 0 Å². The SMILES string of the molecule is Nc1ccc2cc(COc3cccnc3)oc2c1. The number of benzene rings is 1. The lowest BCUT2D eigenvalue weighted by Gasteiger charge is -2.01. The third-order valence-corrected chi connectivity index (χ3v) is 2.61. The van der Waals surface area contributed by atoms with Crippen molar-refractivity contribution in [2.24, 2.45) is 0 Å². The number of anilines is 1. The van der Waals surface area contributed by atoms with Crippen molar-refractivity contribution >= 4 is 16.7 Å². The summed E-state index contributed by atoms with van der Waals surface area (Å²) in [4.78, 5) is 3.98. The van der Waals surface area contributed by atoms with E-state index in [4.69, 9.17) is 14.9 Å². The van der Waals surface area contributed by atoms with E-state index in [0.29, 0.717) is 12.3 Å². The molecule has 18 heavy (non-hydrogen) atoms. The second-order valence-electron chi connectivity index (χ2n) is 3.99. The van der Waals surface area contributed by atoms with Gasteiger partial charge in [-0.3, -0.25) is 4.98 Å². The zero-order valence-corrected chi connectivity index (χ0v) is 9.67. The predicted molar refractivity (Wildman–Crippen MR) is 69.2 cm³/mol. The van der Waals surface area contributed by atoms with Gasteiger partial charge in [0.1, 0.15) is 23.7 Å². The molecule has 4 nitrogen and oxygen atoms in total. The second kappa shape index (κ2) is 4.41. The van der Waals surface area contributed by atoms with Crippen molar-refractivity contribution in [3.63, 3.8) is 0 Å². The number of furan rings is 1. The normalized spacial score (nSPS) is 10.7. The van der Waals surface area contributed by atoms with Crippen LogP contribution in [0.15, 0.2) is 53.2 Å². The summed E-state index contributed by atoms with van der Waals surface area (Å²) < 4.78 is 11.2. The van der Waals surface area contributed by atoms with Crippen LogP contribution in [0.5, 0.6) is 5.75 Å². The van der Waals surface area contributed by atoms with Crippen molar-refractivity contribution in [1.29, 1.82) is 0 Å². The van der Waals surface area contributed by atoms with Crippen molar-refractivity contribution in [3.8, 4) is 5.75 Å². The summed E-state index contributed by atoms with van der Waals surface area (Å²) in [6.45, 7) is 0.375. The highest BCUT2D eigenvalue weighted by Crippen LogP contribution is 2.22. The molecule has 0 bridgehead atoms. The lowest BCUT2D eigenvalue weighted by molar-refractivity contribution is 0.273. The number of nitrogens with two attached hydrogens (primary N) is 1. The summed E-state index contributed by atoms with van der Waals surface area (Å²) in [5, 5.41) is 1.02. The first-order valence-corrected chi connectivity index (χ1v) is 5.62. The standard InChI is InChI=1S/C14H12N2O2/c15-11-4-3-10-6-13(18-14(10)7-11)9-17-12-2-1-5-16-8-12/h1-8H,9,15H2. The average molecular weight is 240 g/mol. The van der Waals surface area contributed by atoms with E-state index in [1.165, 1.54) is 0 Å². The molecule has 0 unspecified atom stereocenters. The zero-order valence-electron chi connectivity index (χ0n) is 9.67. The molecule has 0 saturated carbocycles. The van der Waals surface area contributed by atoms with Gasteiger partial charge in [0.05, 0.1) is 6.20 Å². The van der Waals surface area contributed by atoms with Crippen molar-refractivity contribution in [2.45, 2.75) is 6.61 Å². The van der Waals surface area contributed by atoms with Crippen LogP contribution in [-0.4, -0.2) is 4.98 Å². The molecule has 3 rings (SSSR count). The molecule has 90 valence electrons. The Kier molecular flexibility index (Phi) is 2.61. The van der Waals surface area contributed by atoms with Crippen LogP contribution >= 0.6 is 0 Å². The molecule has 0 spiro atoms. The van der Waals surface area contributed by atoms with Crippen molar-refractivity contribution < 1.29 is 9.15 Å². The van der Waals surface area contributed by atoms with Crippen LogP contribution in [-0.2, 0) is 6.61 Å². The molecule has 0 radical (unpaired) electrons. The van der Waals surface area contributed by atoms with Gasteiger partial charge < -0.3 is 14.9 Å². The maximum atomic E-state index is 5.70. The molecular formula is C14H12N2O2. The Morgan fingerprint density at radius 2 is 2.17 bits per heavy atom. The van der Waals surface area contributed by atoms with Gasteiger partial charge in [0.15, 0.2) is 0 Å². The van der Waals surface area contributed by atoms with E-state index >= 15 is 0 Å². The van der Waals surface area contributed by atoms with E-state index < -0.39 is 0 Å². The summed E-state index contributed by atoms with van der Waals surface area (Å²) in [6, 6.07) is 11.2. The maximum Gasteiger partial charge on any atom is 0.146 e. The Balaban J connectivity index is 1.79. The maximum absolute atomic E-state index is 5.70. The van der Waals surface area contributed by atoms with Gasteiger partial charge in [-0.05, 0) is 30.3 Å². The van der Waals surface area contributed by atoms with E-state index in [1.54, 1.807) is 12.4 Å². The van der Waals surface area contributed by atoms with Crippen LogP contribution in [0.2, 0.25) is 0 Å². The molecule has 0 aliphatic heterocycles. The molecular weight excluding hydrogens is 228 g/mol. The molecule has 0 fully saturated rings. The van der Waals surface area contributed by atoms with Crippen LogP contribution in [0.3, 0.4) is 0 Å². The molecule has 0 aliphatic carbocycles. The molecule has 1 aromatic carbocycles. The molecule has 0 amide bonds. The van der Waals surface area contributed by atoms with E-state index in [0.717, 1.165) is 22.5 Å². The van der Waals surface area contributed by atoms with Crippen LogP contribution < -0.4 is 10.5 Å². The fourth-order valence-electron chi connectivity index (χ4n) is 1.76. The summed E-state index contributed by atoms with van der Waals surface area (Å²) in [5.74, 6) is 1.48. The predicted octanol–water partition coefficient (Wildman–Crippen LogP) is 2.99. The summed E-state index contributed by atoms with van der Waals surface area (Å²) in [6.07, 6.45) is 3.37. The number of hydrogen-bond donors (Lipinski definition) is 1. The molecule has 2 aromatic heterocycles. The molecule has 0 saturated heterocycles. The van der Waals surface area contributed by atoms with Gasteiger partial charge in [-0.15, -0.1) is 0 Å². The quantitative estimate of drug-likeness (QED) is 0.715. The van der Waals surface area contributed by atoms with E-state index in [-0.39, 0.29) is 0 Å². The molecule has 3 aromatic rings. The van der Waals surface area contributed by atoms with Crippen molar-refractivity contribution in [1.82, 2.24) is 4.98 Å². The Bertz CT molecular complexity index is 662. The summed E-state index contributed by atoms with van der Waals surface area (Å²) >= 11 is 0. The summed E-state index contributed by atoms with van der Waals surface area (Å²) in [5.41, 5.74) is 7.17. The number of nitrogen functional groups attached to an aromatic ring is 1. The minimum absolute atomic E-state index is 0.375. The van der Waals surface area contributed by atoms with Gasteiger partial charge in [0.2, 0.25) is 0 Å². The number of aromatic nitrogens is 1. The van der Waals surface area contributed by atoms with Gasteiger partial charge in [0.25, 0.3) is 0 Å². The number of ether oxygens (including phenoxy) is 1. The Morgan fingerprint density at radius 3 is 3.00 bits per heavy atom. The molecule has 2 heterocycles. The average Bonchev–Trinajstić information content (AvgIpc) is 2.79. The number of fused-ring (bicyclic) bond motifs is 1. The van der Waals surface area contributed by atoms with Gasteiger partial charge in [0, 0.05) is 23.3 Å². The first-order chi connectivity index (χ1) is 8.81. The van der Waals surface area contributed by atoms with Gasteiger partial charge in [-0.1, -0.05) is 0 Å². The monoisotopic (exact) mass is 240 g/mol. The van der Waals surface area contributed by atoms with E-state index in [9.17, 15) is 0 Å². The molecule has 0 aliphatic rings. The van der Waals surface area contributed by atoms with Crippen LogP contribution in [0.25, 0.3) is 11.0 Å².